The van der Waals surface area contributed by atoms with Crippen molar-refractivity contribution < 1.29 is 9.47 Å². The van der Waals surface area contributed by atoms with Crippen molar-refractivity contribution in [2.24, 2.45) is 5.73 Å². The minimum Gasteiger partial charge on any atom is -0.497 e. The van der Waals surface area contributed by atoms with Gasteiger partial charge in [0.15, 0.2) is 0 Å². The normalized spacial score (nSPS) is 11.9. The molecule has 76 valence electrons. The van der Waals surface area contributed by atoms with E-state index in [1.54, 1.807) is 20.3 Å². The van der Waals surface area contributed by atoms with E-state index in [1.807, 2.05) is 18.2 Å². The van der Waals surface area contributed by atoms with E-state index in [0.29, 0.717) is 0 Å². The molecule has 3 nitrogen and oxygen atoms in total. The first-order chi connectivity index (χ1) is 6.72. The van der Waals surface area contributed by atoms with Gasteiger partial charge in [0.2, 0.25) is 0 Å². The average Bonchev–Trinajstić information content (AvgIpc) is 2.27. The van der Waals surface area contributed by atoms with Gasteiger partial charge in [0.25, 0.3) is 0 Å². The van der Waals surface area contributed by atoms with Crippen LogP contribution in [0.1, 0.15) is 11.6 Å². The van der Waals surface area contributed by atoms with Crippen LogP contribution in [0.2, 0.25) is 0 Å². The van der Waals surface area contributed by atoms with E-state index in [9.17, 15) is 0 Å². The zero-order valence-electron chi connectivity index (χ0n) is 8.49. The zero-order valence-corrected chi connectivity index (χ0v) is 8.49. The quantitative estimate of drug-likeness (QED) is 0.743. The predicted molar refractivity (Wildman–Crippen MR) is 56.7 cm³/mol. The minimum atomic E-state index is -0.236. The fourth-order valence-corrected chi connectivity index (χ4v) is 1.23. The van der Waals surface area contributed by atoms with Crippen molar-refractivity contribution in [3.63, 3.8) is 0 Å². The van der Waals surface area contributed by atoms with Crippen molar-refractivity contribution in [1.82, 2.24) is 0 Å². The molecule has 0 amide bonds. The largest absolute Gasteiger partial charge is 0.497 e. The third-order valence-electron chi connectivity index (χ3n) is 2.05. The van der Waals surface area contributed by atoms with Crippen molar-refractivity contribution >= 4 is 0 Å². The monoisotopic (exact) mass is 193 g/mol. The summed E-state index contributed by atoms with van der Waals surface area (Å²) in [6.07, 6.45) is 1.66. The van der Waals surface area contributed by atoms with Crippen LogP contribution in [0, 0.1) is 0 Å². The SMILES string of the molecule is C=CC(N)c1cc(OC)ccc1OC. The Bertz CT molecular complexity index is 323. The van der Waals surface area contributed by atoms with Crippen LogP contribution >= 0.6 is 0 Å². The van der Waals surface area contributed by atoms with Gasteiger partial charge in [-0.3, -0.25) is 0 Å². The molecule has 0 saturated heterocycles. The van der Waals surface area contributed by atoms with E-state index < -0.39 is 0 Å². The summed E-state index contributed by atoms with van der Waals surface area (Å²) in [5.74, 6) is 1.51. The maximum absolute atomic E-state index is 5.84. The first-order valence-corrected chi connectivity index (χ1v) is 4.33. The Labute approximate surface area is 84.1 Å². The van der Waals surface area contributed by atoms with Crippen LogP contribution in [0.25, 0.3) is 0 Å². The van der Waals surface area contributed by atoms with Crippen molar-refractivity contribution in [3.05, 3.63) is 36.4 Å². The zero-order chi connectivity index (χ0) is 10.6. The minimum absolute atomic E-state index is 0.236. The van der Waals surface area contributed by atoms with Gasteiger partial charge >= 0.3 is 0 Å². The molecule has 1 atom stereocenters. The molecular weight excluding hydrogens is 178 g/mol. The number of nitrogens with two attached hydrogens (primary N) is 1. The molecule has 1 aromatic rings. The lowest BCUT2D eigenvalue weighted by Gasteiger charge is -2.13. The van der Waals surface area contributed by atoms with Gasteiger partial charge < -0.3 is 15.2 Å². The molecule has 1 unspecified atom stereocenters. The van der Waals surface area contributed by atoms with E-state index in [-0.39, 0.29) is 6.04 Å². The summed E-state index contributed by atoms with van der Waals surface area (Å²) in [6, 6.07) is 5.28. The van der Waals surface area contributed by atoms with Crippen LogP contribution in [0.4, 0.5) is 0 Å². The van der Waals surface area contributed by atoms with E-state index in [4.69, 9.17) is 15.2 Å². The highest BCUT2D eigenvalue weighted by Gasteiger charge is 2.09. The number of hydrogen-bond donors (Lipinski definition) is 1. The summed E-state index contributed by atoms with van der Waals surface area (Å²) in [7, 11) is 3.23. The molecule has 3 heteroatoms. The van der Waals surface area contributed by atoms with Gasteiger partial charge in [-0.2, -0.15) is 0 Å². The molecule has 0 aromatic heterocycles. The molecule has 0 bridgehead atoms. The standard InChI is InChI=1S/C11H15NO2/c1-4-10(12)9-7-8(13-2)5-6-11(9)14-3/h4-7,10H,1,12H2,2-3H3. The summed E-state index contributed by atoms with van der Waals surface area (Å²) < 4.78 is 10.3. The van der Waals surface area contributed by atoms with Gasteiger partial charge in [-0.05, 0) is 18.2 Å². The summed E-state index contributed by atoms with van der Waals surface area (Å²) in [6.45, 7) is 3.65. The van der Waals surface area contributed by atoms with E-state index in [0.717, 1.165) is 17.1 Å². The molecule has 0 heterocycles. The molecule has 0 aliphatic carbocycles. The lowest BCUT2D eigenvalue weighted by molar-refractivity contribution is 0.397. The number of rotatable bonds is 4. The second-order valence-electron chi connectivity index (χ2n) is 2.87. The summed E-state index contributed by atoms with van der Waals surface area (Å²) in [4.78, 5) is 0. The Morgan fingerprint density at radius 1 is 1.36 bits per heavy atom. The first kappa shape index (κ1) is 10.6. The topological polar surface area (TPSA) is 44.5 Å². The van der Waals surface area contributed by atoms with E-state index in [1.165, 1.54) is 0 Å². The fourth-order valence-electron chi connectivity index (χ4n) is 1.23. The Morgan fingerprint density at radius 3 is 2.57 bits per heavy atom. The van der Waals surface area contributed by atoms with Gasteiger partial charge in [0, 0.05) is 5.56 Å². The maximum atomic E-state index is 5.84. The second-order valence-corrected chi connectivity index (χ2v) is 2.87. The Kier molecular flexibility index (Phi) is 3.54. The number of benzene rings is 1. The molecule has 0 spiro atoms. The van der Waals surface area contributed by atoms with Crippen LogP contribution in [0.3, 0.4) is 0 Å². The summed E-state index contributed by atoms with van der Waals surface area (Å²) in [5.41, 5.74) is 6.72. The van der Waals surface area contributed by atoms with Crippen molar-refractivity contribution in [2.75, 3.05) is 14.2 Å². The molecule has 0 radical (unpaired) electrons. The van der Waals surface area contributed by atoms with Crippen molar-refractivity contribution in [2.45, 2.75) is 6.04 Å². The Balaban J connectivity index is 3.14. The van der Waals surface area contributed by atoms with Crippen LogP contribution in [0.15, 0.2) is 30.9 Å². The van der Waals surface area contributed by atoms with Gasteiger partial charge in [0.05, 0.1) is 20.3 Å². The number of hydrogen-bond acceptors (Lipinski definition) is 3. The Morgan fingerprint density at radius 2 is 2.07 bits per heavy atom. The summed E-state index contributed by atoms with van der Waals surface area (Å²) >= 11 is 0. The van der Waals surface area contributed by atoms with Gasteiger partial charge in [-0.25, -0.2) is 0 Å². The van der Waals surface area contributed by atoms with Crippen LogP contribution in [0.5, 0.6) is 11.5 Å². The number of ether oxygens (including phenoxy) is 2. The fraction of sp³-hybridized carbons (Fsp3) is 0.273. The lowest BCUT2D eigenvalue weighted by atomic mass is 10.1. The average molecular weight is 193 g/mol. The second kappa shape index (κ2) is 4.67. The highest BCUT2D eigenvalue weighted by molar-refractivity contribution is 5.43. The van der Waals surface area contributed by atoms with E-state index in [2.05, 4.69) is 6.58 Å². The third-order valence-corrected chi connectivity index (χ3v) is 2.05. The first-order valence-electron chi connectivity index (χ1n) is 4.33. The highest BCUT2D eigenvalue weighted by Crippen LogP contribution is 2.28. The summed E-state index contributed by atoms with van der Waals surface area (Å²) in [5, 5.41) is 0. The Hall–Kier alpha value is -1.48. The highest BCUT2D eigenvalue weighted by atomic mass is 16.5. The van der Waals surface area contributed by atoms with Crippen LogP contribution in [-0.4, -0.2) is 14.2 Å². The predicted octanol–water partition coefficient (Wildman–Crippen LogP) is 1.89. The van der Waals surface area contributed by atoms with E-state index >= 15 is 0 Å². The molecule has 0 fully saturated rings. The van der Waals surface area contributed by atoms with Gasteiger partial charge in [-0.15, -0.1) is 6.58 Å². The molecule has 14 heavy (non-hydrogen) atoms. The molecule has 0 saturated carbocycles. The number of methoxy groups -OCH3 is 2. The molecule has 0 aliphatic rings. The third kappa shape index (κ3) is 2.06. The van der Waals surface area contributed by atoms with Crippen molar-refractivity contribution in [3.8, 4) is 11.5 Å². The van der Waals surface area contributed by atoms with Crippen LogP contribution < -0.4 is 15.2 Å². The van der Waals surface area contributed by atoms with Crippen LogP contribution in [-0.2, 0) is 0 Å². The molecule has 2 N–H and O–H groups in total. The smallest absolute Gasteiger partial charge is 0.124 e. The molecule has 1 rings (SSSR count). The molecular formula is C11H15NO2. The van der Waals surface area contributed by atoms with Gasteiger partial charge in [0.1, 0.15) is 11.5 Å². The lowest BCUT2D eigenvalue weighted by Crippen LogP contribution is -2.08. The van der Waals surface area contributed by atoms with Gasteiger partial charge in [-0.1, -0.05) is 6.08 Å². The maximum Gasteiger partial charge on any atom is 0.124 e. The molecule has 0 aliphatic heterocycles. The van der Waals surface area contributed by atoms with Crippen molar-refractivity contribution in [1.29, 1.82) is 0 Å². The molecule has 1 aromatic carbocycles.